The number of hydrogen-bond acceptors (Lipinski definition) is 6. The lowest BCUT2D eigenvalue weighted by Gasteiger charge is -2.34. The van der Waals surface area contributed by atoms with E-state index in [1.54, 1.807) is 16.4 Å². The molecule has 1 atom stereocenters. The number of nitrogens with zero attached hydrogens (tertiary/aromatic N) is 3. The van der Waals surface area contributed by atoms with E-state index in [1.807, 2.05) is 24.7 Å². The zero-order chi connectivity index (χ0) is 27.7. The van der Waals surface area contributed by atoms with E-state index < -0.39 is 16.0 Å². The number of rotatable bonds is 8. The number of aromatic amines is 1. The lowest BCUT2D eigenvalue weighted by molar-refractivity contribution is 0.0697. The fraction of sp³-hybridized carbons (Fsp3) is 0.433. The number of sulfonamides is 1. The van der Waals surface area contributed by atoms with Crippen molar-refractivity contribution in [3.05, 3.63) is 66.2 Å². The van der Waals surface area contributed by atoms with Crippen LogP contribution in [0.4, 0.5) is 0 Å². The molecule has 1 saturated carbocycles. The first-order chi connectivity index (χ1) is 19.4. The number of H-pyrrole nitrogens is 1. The summed E-state index contributed by atoms with van der Waals surface area (Å²) in [6, 6.07) is 10.4. The quantitative estimate of drug-likeness (QED) is 0.302. The van der Waals surface area contributed by atoms with E-state index in [0.29, 0.717) is 31.4 Å². The van der Waals surface area contributed by atoms with Crippen LogP contribution in [0.1, 0.15) is 60.5 Å². The van der Waals surface area contributed by atoms with Gasteiger partial charge in [-0.15, -0.1) is 0 Å². The van der Waals surface area contributed by atoms with Gasteiger partial charge in [0.1, 0.15) is 11.4 Å². The predicted molar refractivity (Wildman–Crippen MR) is 153 cm³/mol. The van der Waals surface area contributed by atoms with Crippen molar-refractivity contribution in [2.45, 2.75) is 44.4 Å². The normalized spacial score (nSPS) is 22.4. The standard InChI is InChI=1S/C30H34N4O5S/c35-30(36)23-7-9-25(10-8-23)39-18-21-2-1-15-34(17-21)40(37,38)19-20-3-5-22(6-4-20)28-27-24(11-13-31-28)16-33-29-26(27)12-14-32-29/h7-14,16,20-22H,1-6,15,17-19H2,(H,32,33)(H,35,36). The van der Waals surface area contributed by atoms with Crippen LogP contribution in [-0.2, 0) is 10.0 Å². The summed E-state index contributed by atoms with van der Waals surface area (Å²) in [5, 5.41) is 12.4. The van der Waals surface area contributed by atoms with E-state index in [2.05, 4.69) is 16.0 Å². The maximum absolute atomic E-state index is 13.4. The molecule has 9 nitrogen and oxygen atoms in total. The molecule has 6 rings (SSSR count). The Balaban J connectivity index is 1.05. The van der Waals surface area contributed by atoms with Crippen LogP contribution in [0.15, 0.2) is 55.0 Å². The van der Waals surface area contributed by atoms with Gasteiger partial charge in [-0.25, -0.2) is 22.5 Å². The van der Waals surface area contributed by atoms with Crippen LogP contribution >= 0.6 is 0 Å². The van der Waals surface area contributed by atoms with Crippen LogP contribution in [0.5, 0.6) is 5.75 Å². The Hall–Kier alpha value is -3.50. The summed E-state index contributed by atoms with van der Waals surface area (Å²) in [4.78, 5) is 23.5. The van der Waals surface area contributed by atoms with Crippen LogP contribution in [0.25, 0.3) is 21.8 Å². The molecule has 1 unspecified atom stereocenters. The molecule has 1 aliphatic carbocycles. The predicted octanol–water partition coefficient (Wildman–Crippen LogP) is 5.20. The minimum atomic E-state index is -3.37. The Morgan fingerprint density at radius 3 is 2.60 bits per heavy atom. The second-order valence-corrected chi connectivity index (χ2v) is 13.2. The zero-order valence-corrected chi connectivity index (χ0v) is 23.1. The van der Waals surface area contributed by atoms with E-state index in [0.717, 1.165) is 66.0 Å². The highest BCUT2D eigenvalue weighted by atomic mass is 32.2. The number of carbonyl (C=O) groups is 1. The number of piperidine rings is 1. The van der Waals surface area contributed by atoms with Gasteiger partial charge in [0, 0.05) is 59.7 Å². The second kappa shape index (κ2) is 11.2. The Morgan fingerprint density at radius 2 is 1.82 bits per heavy atom. The van der Waals surface area contributed by atoms with E-state index in [-0.39, 0.29) is 23.2 Å². The van der Waals surface area contributed by atoms with Crippen molar-refractivity contribution in [3.63, 3.8) is 0 Å². The number of aromatic nitrogens is 3. The van der Waals surface area contributed by atoms with Gasteiger partial charge in [-0.1, -0.05) is 0 Å². The highest BCUT2D eigenvalue weighted by molar-refractivity contribution is 7.89. The molecule has 0 bridgehead atoms. The van der Waals surface area contributed by atoms with E-state index >= 15 is 0 Å². The SMILES string of the molecule is O=C(O)c1ccc(OCC2CCCN(S(=O)(=O)CC3CCC(c4nccc5cnc6[nH]ccc6c45)CC3)C2)cc1. The third kappa shape index (κ3) is 5.55. The van der Waals surface area contributed by atoms with Gasteiger partial charge in [-0.3, -0.25) is 4.98 Å². The van der Waals surface area contributed by atoms with Gasteiger partial charge in [0.15, 0.2) is 0 Å². The van der Waals surface area contributed by atoms with Crippen molar-refractivity contribution in [2.24, 2.45) is 11.8 Å². The first-order valence-corrected chi connectivity index (χ1v) is 15.6. The number of ether oxygens (including phenoxy) is 1. The topological polar surface area (TPSA) is 125 Å². The van der Waals surface area contributed by atoms with Crippen molar-refractivity contribution in [2.75, 3.05) is 25.4 Å². The van der Waals surface area contributed by atoms with Gasteiger partial charge >= 0.3 is 5.97 Å². The summed E-state index contributed by atoms with van der Waals surface area (Å²) in [6.45, 7) is 1.43. The number of benzene rings is 1. The zero-order valence-electron chi connectivity index (χ0n) is 22.3. The number of nitrogens with one attached hydrogen (secondary N) is 1. The molecule has 4 heterocycles. The molecule has 210 valence electrons. The summed E-state index contributed by atoms with van der Waals surface area (Å²) >= 11 is 0. The maximum Gasteiger partial charge on any atom is 0.335 e. The van der Waals surface area contributed by atoms with Crippen molar-refractivity contribution in [1.29, 1.82) is 0 Å². The largest absolute Gasteiger partial charge is 0.493 e. The summed E-state index contributed by atoms with van der Waals surface area (Å²) in [7, 11) is -3.37. The molecule has 1 aromatic carbocycles. The maximum atomic E-state index is 13.4. The minimum absolute atomic E-state index is 0.107. The average molecular weight is 563 g/mol. The smallest absolute Gasteiger partial charge is 0.335 e. The van der Waals surface area contributed by atoms with Gasteiger partial charge in [-0.05, 0) is 80.8 Å². The molecule has 4 aromatic rings. The average Bonchev–Trinajstić information content (AvgIpc) is 3.46. The van der Waals surface area contributed by atoms with E-state index in [4.69, 9.17) is 14.8 Å². The molecule has 0 spiro atoms. The fourth-order valence-corrected chi connectivity index (χ4v) is 8.32. The third-order valence-corrected chi connectivity index (χ3v) is 10.5. The molecule has 0 amide bonds. The Labute approximate surface area is 233 Å². The lowest BCUT2D eigenvalue weighted by Crippen LogP contribution is -2.43. The van der Waals surface area contributed by atoms with Crippen molar-refractivity contribution in [1.82, 2.24) is 19.3 Å². The van der Waals surface area contributed by atoms with Crippen LogP contribution in [-0.4, -0.2) is 64.2 Å². The molecule has 1 aliphatic heterocycles. The summed E-state index contributed by atoms with van der Waals surface area (Å²) in [5.74, 6) is 0.373. The molecule has 3 aromatic heterocycles. The monoisotopic (exact) mass is 562 g/mol. The highest BCUT2D eigenvalue weighted by Crippen LogP contribution is 2.40. The van der Waals surface area contributed by atoms with Gasteiger partial charge in [0.05, 0.1) is 23.6 Å². The van der Waals surface area contributed by atoms with Crippen molar-refractivity contribution < 1.29 is 23.1 Å². The number of hydrogen-bond donors (Lipinski definition) is 2. The molecule has 2 fully saturated rings. The summed E-state index contributed by atoms with van der Waals surface area (Å²) in [5.41, 5.74) is 2.17. The van der Waals surface area contributed by atoms with E-state index in [1.165, 1.54) is 12.1 Å². The van der Waals surface area contributed by atoms with Crippen LogP contribution < -0.4 is 4.74 Å². The molecule has 40 heavy (non-hydrogen) atoms. The van der Waals surface area contributed by atoms with Crippen LogP contribution in [0, 0.1) is 11.8 Å². The number of pyridine rings is 2. The van der Waals surface area contributed by atoms with Gasteiger partial charge in [-0.2, -0.15) is 0 Å². The van der Waals surface area contributed by atoms with Crippen molar-refractivity contribution >= 4 is 37.8 Å². The van der Waals surface area contributed by atoms with Crippen molar-refractivity contribution in [3.8, 4) is 5.75 Å². The molecule has 10 heteroatoms. The molecule has 1 saturated heterocycles. The summed E-state index contributed by atoms with van der Waals surface area (Å²) < 4.78 is 34.4. The Bertz CT molecular complexity index is 1610. The van der Waals surface area contributed by atoms with E-state index in [9.17, 15) is 13.2 Å². The lowest BCUT2D eigenvalue weighted by atomic mass is 9.80. The fourth-order valence-electron chi connectivity index (χ4n) is 6.34. The molecular formula is C30H34N4O5S. The van der Waals surface area contributed by atoms with Gasteiger partial charge < -0.3 is 14.8 Å². The highest BCUT2D eigenvalue weighted by Gasteiger charge is 2.33. The van der Waals surface area contributed by atoms with Gasteiger partial charge in [0.25, 0.3) is 0 Å². The van der Waals surface area contributed by atoms with Crippen LogP contribution in [0.3, 0.4) is 0 Å². The third-order valence-electron chi connectivity index (χ3n) is 8.48. The number of aromatic carboxylic acids is 1. The molecule has 2 aliphatic rings. The van der Waals surface area contributed by atoms with Gasteiger partial charge in [0.2, 0.25) is 10.0 Å². The number of carboxylic acid groups (broad SMARTS) is 1. The Kier molecular flexibility index (Phi) is 7.46. The minimum Gasteiger partial charge on any atom is -0.493 e. The first-order valence-electron chi connectivity index (χ1n) is 14.0. The number of fused-ring (bicyclic) bond motifs is 3. The molecule has 2 N–H and O–H groups in total. The molecular weight excluding hydrogens is 528 g/mol. The summed E-state index contributed by atoms with van der Waals surface area (Å²) in [6.07, 6.45) is 11.0. The Morgan fingerprint density at radius 1 is 1.02 bits per heavy atom. The molecule has 0 radical (unpaired) electrons. The van der Waals surface area contributed by atoms with Crippen LogP contribution in [0.2, 0.25) is 0 Å². The first kappa shape index (κ1) is 26.7. The second-order valence-electron chi connectivity index (χ2n) is 11.2. The number of carboxylic acids is 1.